The SMILES string of the molecule is CC1=CNc2c(cc([N+](=O)[O-])c3[nH]ncc23)C(c2ccccc2)=N1. The number of nitro groups is 1. The first-order valence-corrected chi connectivity index (χ1v) is 7.37. The molecule has 0 fully saturated rings. The van der Waals surface area contributed by atoms with Gasteiger partial charge in [0.05, 0.1) is 33.6 Å². The lowest BCUT2D eigenvalue weighted by molar-refractivity contribution is -0.383. The summed E-state index contributed by atoms with van der Waals surface area (Å²) in [5.41, 5.74) is 4.17. The molecule has 4 rings (SSSR count). The molecule has 0 amide bonds. The van der Waals surface area contributed by atoms with Crippen LogP contribution in [-0.2, 0) is 0 Å². The first-order chi connectivity index (χ1) is 11.6. The highest BCUT2D eigenvalue weighted by Gasteiger charge is 2.24. The molecule has 0 unspecified atom stereocenters. The molecular formula is C17H13N5O2. The van der Waals surface area contributed by atoms with Gasteiger partial charge in [-0.25, -0.2) is 0 Å². The minimum Gasteiger partial charge on any atom is -0.359 e. The van der Waals surface area contributed by atoms with Crippen molar-refractivity contribution in [1.29, 1.82) is 0 Å². The van der Waals surface area contributed by atoms with Crippen LogP contribution in [0.2, 0.25) is 0 Å². The summed E-state index contributed by atoms with van der Waals surface area (Å²) in [7, 11) is 0. The van der Waals surface area contributed by atoms with Crippen molar-refractivity contribution in [2.45, 2.75) is 6.92 Å². The molecule has 118 valence electrons. The first kappa shape index (κ1) is 14.1. The number of nitrogens with one attached hydrogen (secondary N) is 2. The Hall–Kier alpha value is -3.48. The van der Waals surface area contributed by atoms with Crippen LogP contribution in [0.4, 0.5) is 11.4 Å². The zero-order valence-corrected chi connectivity index (χ0v) is 12.8. The Morgan fingerprint density at radius 3 is 2.75 bits per heavy atom. The van der Waals surface area contributed by atoms with Crippen LogP contribution in [0.1, 0.15) is 18.1 Å². The molecule has 0 atom stereocenters. The molecule has 1 aliphatic heterocycles. The van der Waals surface area contributed by atoms with Gasteiger partial charge in [0.1, 0.15) is 5.52 Å². The van der Waals surface area contributed by atoms with Gasteiger partial charge in [-0.1, -0.05) is 30.3 Å². The number of hydrogen-bond acceptors (Lipinski definition) is 5. The summed E-state index contributed by atoms with van der Waals surface area (Å²) in [5, 5.41) is 22.0. The molecule has 0 radical (unpaired) electrons. The van der Waals surface area contributed by atoms with E-state index < -0.39 is 4.92 Å². The van der Waals surface area contributed by atoms with Crippen LogP contribution in [0.5, 0.6) is 0 Å². The van der Waals surface area contributed by atoms with Gasteiger partial charge in [-0.05, 0) is 6.92 Å². The van der Waals surface area contributed by atoms with Crippen molar-refractivity contribution < 1.29 is 4.92 Å². The monoisotopic (exact) mass is 319 g/mol. The molecule has 0 bridgehead atoms. The minimum absolute atomic E-state index is 0.0220. The third kappa shape index (κ3) is 2.14. The van der Waals surface area contributed by atoms with E-state index in [-0.39, 0.29) is 5.69 Å². The summed E-state index contributed by atoms with van der Waals surface area (Å²) in [6, 6.07) is 11.2. The van der Waals surface area contributed by atoms with Gasteiger partial charge in [0, 0.05) is 23.4 Å². The number of fused-ring (bicyclic) bond motifs is 3. The predicted octanol–water partition coefficient (Wildman–Crippen LogP) is 3.60. The molecule has 1 aromatic heterocycles. The van der Waals surface area contributed by atoms with E-state index in [4.69, 9.17) is 0 Å². The Bertz CT molecular complexity index is 1020. The highest BCUT2D eigenvalue weighted by molar-refractivity contribution is 6.21. The lowest BCUT2D eigenvalue weighted by Crippen LogP contribution is -2.06. The van der Waals surface area contributed by atoms with Gasteiger partial charge in [-0.2, -0.15) is 5.10 Å². The van der Waals surface area contributed by atoms with Gasteiger partial charge in [-0.3, -0.25) is 20.2 Å². The number of anilines is 1. The summed E-state index contributed by atoms with van der Waals surface area (Å²) in [6.07, 6.45) is 3.37. The van der Waals surface area contributed by atoms with Crippen molar-refractivity contribution in [3.05, 3.63) is 75.7 Å². The molecule has 0 spiro atoms. The Labute approximate surface area is 136 Å². The molecule has 2 N–H and O–H groups in total. The Kier molecular flexibility index (Phi) is 3.13. The zero-order valence-electron chi connectivity index (χ0n) is 12.8. The smallest absolute Gasteiger partial charge is 0.295 e. The standard InChI is InChI=1S/C17H13N5O2/c1-10-8-18-16-12(15(20-10)11-5-3-2-4-6-11)7-14(22(23)24)17-13(16)9-19-21-17/h2-9,18H,1H3,(H,19,21). The fourth-order valence-corrected chi connectivity index (χ4v) is 2.84. The molecule has 0 saturated heterocycles. The second-order valence-electron chi connectivity index (χ2n) is 5.49. The summed E-state index contributed by atoms with van der Waals surface area (Å²) in [5.74, 6) is 0. The molecule has 24 heavy (non-hydrogen) atoms. The molecule has 3 aromatic rings. The van der Waals surface area contributed by atoms with Crippen molar-refractivity contribution >= 4 is 28.0 Å². The van der Waals surface area contributed by atoms with E-state index in [2.05, 4.69) is 20.5 Å². The number of non-ortho nitro benzene ring substituents is 1. The Morgan fingerprint density at radius 1 is 1.21 bits per heavy atom. The van der Waals surface area contributed by atoms with Crippen LogP contribution in [-0.4, -0.2) is 20.8 Å². The highest BCUT2D eigenvalue weighted by atomic mass is 16.6. The first-order valence-electron chi connectivity index (χ1n) is 7.37. The molecule has 2 aromatic carbocycles. The number of H-pyrrole nitrogens is 1. The second kappa shape index (κ2) is 5.31. The number of aromatic amines is 1. The topological polar surface area (TPSA) is 96.2 Å². The fraction of sp³-hybridized carbons (Fsp3) is 0.0588. The second-order valence-corrected chi connectivity index (χ2v) is 5.49. The maximum atomic E-state index is 11.5. The van der Waals surface area contributed by atoms with Crippen molar-refractivity contribution in [1.82, 2.24) is 10.2 Å². The normalized spacial score (nSPS) is 13.5. The predicted molar refractivity (Wildman–Crippen MR) is 92.2 cm³/mol. The van der Waals surface area contributed by atoms with Gasteiger partial charge in [0.15, 0.2) is 0 Å². The van der Waals surface area contributed by atoms with Crippen molar-refractivity contribution in [2.75, 3.05) is 5.32 Å². The van der Waals surface area contributed by atoms with E-state index >= 15 is 0 Å². The number of aromatic nitrogens is 2. The molecule has 7 heteroatoms. The molecule has 2 heterocycles. The maximum Gasteiger partial charge on any atom is 0.295 e. The quantitative estimate of drug-likeness (QED) is 0.557. The van der Waals surface area contributed by atoms with Gasteiger partial charge in [0.25, 0.3) is 5.69 Å². The van der Waals surface area contributed by atoms with Gasteiger partial charge in [-0.15, -0.1) is 0 Å². The van der Waals surface area contributed by atoms with E-state index in [9.17, 15) is 10.1 Å². The highest BCUT2D eigenvalue weighted by Crippen LogP contribution is 2.36. The van der Waals surface area contributed by atoms with Crippen molar-refractivity contribution in [3.8, 4) is 0 Å². The molecule has 0 saturated carbocycles. The van der Waals surface area contributed by atoms with Crippen LogP contribution in [0.15, 0.2) is 59.5 Å². The Morgan fingerprint density at radius 2 is 2.00 bits per heavy atom. The van der Waals surface area contributed by atoms with E-state index in [1.807, 2.05) is 37.3 Å². The van der Waals surface area contributed by atoms with Gasteiger partial charge < -0.3 is 5.32 Å². The van der Waals surface area contributed by atoms with Crippen LogP contribution < -0.4 is 5.32 Å². The summed E-state index contributed by atoms with van der Waals surface area (Å²) in [4.78, 5) is 15.7. The summed E-state index contributed by atoms with van der Waals surface area (Å²) >= 11 is 0. The lowest BCUT2D eigenvalue weighted by Gasteiger charge is -2.11. The average molecular weight is 319 g/mol. The van der Waals surface area contributed by atoms with Crippen LogP contribution in [0, 0.1) is 10.1 Å². The fourth-order valence-electron chi connectivity index (χ4n) is 2.84. The van der Waals surface area contributed by atoms with Crippen molar-refractivity contribution in [2.24, 2.45) is 4.99 Å². The number of aliphatic imine (C=N–C) groups is 1. The van der Waals surface area contributed by atoms with Crippen LogP contribution in [0.25, 0.3) is 10.9 Å². The molecule has 7 nitrogen and oxygen atoms in total. The molecule has 0 aliphatic carbocycles. The number of benzene rings is 2. The Balaban J connectivity index is 2.08. The summed E-state index contributed by atoms with van der Waals surface area (Å²) < 4.78 is 0. The third-order valence-electron chi connectivity index (χ3n) is 3.93. The summed E-state index contributed by atoms with van der Waals surface area (Å²) in [6.45, 7) is 1.88. The van der Waals surface area contributed by atoms with Gasteiger partial charge >= 0.3 is 0 Å². The number of nitro benzene ring substituents is 1. The largest absolute Gasteiger partial charge is 0.359 e. The van der Waals surface area contributed by atoms with E-state index in [1.54, 1.807) is 18.5 Å². The zero-order chi connectivity index (χ0) is 16.7. The third-order valence-corrected chi connectivity index (χ3v) is 3.93. The number of nitrogens with zero attached hydrogens (tertiary/aromatic N) is 3. The maximum absolute atomic E-state index is 11.5. The number of allylic oxidation sites excluding steroid dienone is 1. The van der Waals surface area contributed by atoms with E-state index in [0.29, 0.717) is 22.2 Å². The number of hydrogen-bond donors (Lipinski definition) is 2. The number of rotatable bonds is 2. The van der Waals surface area contributed by atoms with Crippen molar-refractivity contribution in [3.63, 3.8) is 0 Å². The van der Waals surface area contributed by atoms with Gasteiger partial charge in [0.2, 0.25) is 0 Å². The minimum atomic E-state index is -0.408. The van der Waals surface area contributed by atoms with E-state index in [0.717, 1.165) is 16.9 Å². The lowest BCUT2D eigenvalue weighted by atomic mass is 9.98. The van der Waals surface area contributed by atoms with E-state index in [1.165, 1.54) is 0 Å². The van der Waals surface area contributed by atoms with Crippen LogP contribution >= 0.6 is 0 Å². The van der Waals surface area contributed by atoms with Crippen LogP contribution in [0.3, 0.4) is 0 Å². The average Bonchev–Trinajstić information content (AvgIpc) is 3.01. The molecule has 1 aliphatic rings. The molecular weight excluding hydrogens is 306 g/mol.